The average molecular weight is 225 g/mol. The van der Waals surface area contributed by atoms with Crippen LogP contribution in [0.5, 0.6) is 0 Å². The molecule has 4 nitrogen and oxygen atoms in total. The summed E-state index contributed by atoms with van der Waals surface area (Å²) in [4.78, 5) is 23.9. The number of carboxylic acid groups (broad SMARTS) is 1. The molecule has 0 saturated carbocycles. The second kappa shape index (κ2) is 6.82. The molecule has 1 unspecified atom stereocenters. The number of hydrogen-bond donors (Lipinski definition) is 1. The summed E-state index contributed by atoms with van der Waals surface area (Å²) in [6, 6.07) is -0.815. The maximum atomic E-state index is 11.9. The Morgan fingerprint density at radius 2 is 1.75 bits per heavy atom. The van der Waals surface area contributed by atoms with Crippen LogP contribution in [0.3, 0.4) is 0 Å². The van der Waals surface area contributed by atoms with E-state index in [-0.39, 0.29) is 11.8 Å². The Hall–Kier alpha value is -1.58. The lowest BCUT2D eigenvalue weighted by atomic mass is 9.99. The third-order valence-electron chi connectivity index (χ3n) is 2.54. The number of carbonyl (C=O) groups is 2. The lowest BCUT2D eigenvalue weighted by molar-refractivity contribution is -0.149. The van der Waals surface area contributed by atoms with Crippen LogP contribution in [0.2, 0.25) is 0 Å². The zero-order valence-electron chi connectivity index (χ0n) is 9.85. The number of nitrogens with zero attached hydrogens (tertiary/aromatic N) is 1. The molecular weight excluding hydrogens is 206 g/mol. The number of hydrogen-bond acceptors (Lipinski definition) is 2. The number of carbonyl (C=O) groups excluding carboxylic acids is 1. The molecule has 1 atom stereocenters. The summed E-state index contributed by atoms with van der Waals surface area (Å²) >= 11 is 0. The van der Waals surface area contributed by atoms with Crippen molar-refractivity contribution in [2.45, 2.75) is 25.8 Å². The summed E-state index contributed by atoms with van der Waals surface area (Å²) < 4.78 is 0. The first-order valence-corrected chi connectivity index (χ1v) is 5.17. The summed E-state index contributed by atoms with van der Waals surface area (Å²) in [5.74, 6) is -1.46. The van der Waals surface area contributed by atoms with Crippen LogP contribution >= 0.6 is 0 Å². The van der Waals surface area contributed by atoms with Gasteiger partial charge in [0.25, 0.3) is 0 Å². The van der Waals surface area contributed by atoms with Crippen LogP contribution < -0.4 is 0 Å². The van der Waals surface area contributed by atoms with Gasteiger partial charge in [0.2, 0.25) is 5.91 Å². The first-order chi connectivity index (χ1) is 7.45. The van der Waals surface area contributed by atoms with E-state index in [4.69, 9.17) is 5.11 Å². The quantitative estimate of drug-likeness (QED) is 0.671. The molecule has 0 spiro atoms. The van der Waals surface area contributed by atoms with Crippen molar-refractivity contribution < 1.29 is 14.7 Å². The molecular formula is C12H19NO3. The predicted octanol–water partition coefficient (Wildman–Crippen LogP) is 1.69. The predicted molar refractivity (Wildman–Crippen MR) is 63.0 cm³/mol. The maximum Gasteiger partial charge on any atom is 0.326 e. The largest absolute Gasteiger partial charge is 0.480 e. The van der Waals surface area contributed by atoms with Crippen molar-refractivity contribution in [1.29, 1.82) is 0 Å². The molecule has 0 fully saturated rings. The molecule has 0 rings (SSSR count). The molecule has 0 aromatic carbocycles. The van der Waals surface area contributed by atoms with Gasteiger partial charge in [0, 0.05) is 13.0 Å². The van der Waals surface area contributed by atoms with E-state index in [2.05, 4.69) is 13.2 Å². The third-order valence-corrected chi connectivity index (χ3v) is 2.54. The monoisotopic (exact) mass is 225 g/mol. The van der Waals surface area contributed by atoms with Gasteiger partial charge < -0.3 is 10.0 Å². The van der Waals surface area contributed by atoms with Crippen molar-refractivity contribution >= 4 is 11.9 Å². The Bertz CT molecular complexity index is 276. The molecule has 4 heteroatoms. The fourth-order valence-corrected chi connectivity index (χ4v) is 1.34. The van der Waals surface area contributed by atoms with E-state index in [1.54, 1.807) is 12.2 Å². The second-order valence-corrected chi connectivity index (χ2v) is 3.71. The van der Waals surface area contributed by atoms with E-state index >= 15 is 0 Å². The Morgan fingerprint density at radius 1 is 1.31 bits per heavy atom. The first-order valence-electron chi connectivity index (χ1n) is 5.17. The van der Waals surface area contributed by atoms with Gasteiger partial charge in [-0.15, -0.1) is 13.2 Å². The first kappa shape index (κ1) is 14.4. The second-order valence-electron chi connectivity index (χ2n) is 3.71. The van der Waals surface area contributed by atoms with Gasteiger partial charge in [-0.25, -0.2) is 4.79 Å². The van der Waals surface area contributed by atoms with Gasteiger partial charge in [-0.3, -0.25) is 4.79 Å². The Labute approximate surface area is 96.3 Å². The number of allylic oxidation sites excluding steroid dienone is 2. The normalized spacial score (nSPS) is 11.9. The van der Waals surface area contributed by atoms with Gasteiger partial charge >= 0.3 is 5.97 Å². The topological polar surface area (TPSA) is 57.6 Å². The van der Waals surface area contributed by atoms with Crippen LogP contribution in [-0.4, -0.2) is 35.0 Å². The fraction of sp³-hybridized carbons (Fsp3) is 0.500. The lowest BCUT2D eigenvalue weighted by Gasteiger charge is -2.25. The van der Waals surface area contributed by atoms with E-state index in [1.165, 1.54) is 18.9 Å². The highest BCUT2D eigenvalue weighted by atomic mass is 16.4. The van der Waals surface area contributed by atoms with Crippen molar-refractivity contribution in [3.63, 3.8) is 0 Å². The highest BCUT2D eigenvalue weighted by Crippen LogP contribution is 2.14. The van der Waals surface area contributed by atoms with Gasteiger partial charge in [0.05, 0.1) is 0 Å². The molecule has 0 heterocycles. The molecule has 0 aromatic rings. The standard InChI is InChI=1S/C12H19NO3/c1-5-7-10(8-6-2)11(14)13(4)9(3)12(15)16/h5-6,9-10H,1-2,7-8H2,3-4H3,(H,15,16). The van der Waals surface area contributed by atoms with Gasteiger partial charge in [-0.1, -0.05) is 12.2 Å². The summed E-state index contributed by atoms with van der Waals surface area (Å²) in [5.41, 5.74) is 0. The van der Waals surface area contributed by atoms with Gasteiger partial charge in [-0.2, -0.15) is 0 Å². The molecule has 0 saturated heterocycles. The van der Waals surface area contributed by atoms with Crippen LogP contribution in [0, 0.1) is 5.92 Å². The van der Waals surface area contributed by atoms with Crippen molar-refractivity contribution in [2.75, 3.05) is 7.05 Å². The van der Waals surface area contributed by atoms with Crippen LogP contribution in [0.25, 0.3) is 0 Å². The van der Waals surface area contributed by atoms with Crippen molar-refractivity contribution in [3.8, 4) is 0 Å². The average Bonchev–Trinajstić information content (AvgIpc) is 2.25. The maximum absolute atomic E-state index is 11.9. The van der Waals surface area contributed by atoms with Crippen molar-refractivity contribution in [3.05, 3.63) is 25.3 Å². The van der Waals surface area contributed by atoms with E-state index in [1.807, 2.05) is 0 Å². The number of likely N-dealkylation sites (N-methyl/N-ethyl adjacent to an activating group) is 1. The molecule has 0 aliphatic rings. The smallest absolute Gasteiger partial charge is 0.326 e. The SMILES string of the molecule is C=CCC(CC=C)C(=O)N(C)C(C)C(=O)O. The highest BCUT2D eigenvalue weighted by molar-refractivity contribution is 5.84. The molecule has 0 aromatic heterocycles. The molecule has 0 aliphatic carbocycles. The van der Waals surface area contributed by atoms with Crippen LogP contribution in [0.15, 0.2) is 25.3 Å². The summed E-state index contributed by atoms with van der Waals surface area (Å²) in [5, 5.41) is 8.81. The van der Waals surface area contributed by atoms with E-state index in [9.17, 15) is 9.59 Å². The summed E-state index contributed by atoms with van der Waals surface area (Å²) in [6.45, 7) is 8.65. The molecule has 16 heavy (non-hydrogen) atoms. The minimum absolute atomic E-state index is 0.185. The molecule has 0 radical (unpaired) electrons. The van der Waals surface area contributed by atoms with E-state index in [0.717, 1.165) is 0 Å². The number of carboxylic acids is 1. The van der Waals surface area contributed by atoms with E-state index < -0.39 is 12.0 Å². The fourth-order valence-electron chi connectivity index (χ4n) is 1.34. The molecule has 0 bridgehead atoms. The lowest BCUT2D eigenvalue weighted by Crippen LogP contribution is -2.43. The third kappa shape index (κ3) is 3.88. The zero-order chi connectivity index (χ0) is 12.7. The molecule has 1 N–H and O–H groups in total. The van der Waals surface area contributed by atoms with E-state index in [0.29, 0.717) is 12.8 Å². The molecule has 90 valence electrons. The van der Waals surface area contributed by atoms with Crippen molar-refractivity contribution in [1.82, 2.24) is 4.90 Å². The highest BCUT2D eigenvalue weighted by Gasteiger charge is 2.26. The van der Waals surface area contributed by atoms with Gasteiger partial charge in [-0.05, 0) is 19.8 Å². The number of rotatable bonds is 7. The minimum Gasteiger partial charge on any atom is -0.480 e. The minimum atomic E-state index is -1.01. The summed E-state index contributed by atoms with van der Waals surface area (Å²) in [6.07, 6.45) is 4.37. The van der Waals surface area contributed by atoms with Crippen molar-refractivity contribution in [2.24, 2.45) is 5.92 Å². The summed E-state index contributed by atoms with van der Waals surface area (Å²) in [7, 11) is 1.50. The van der Waals surface area contributed by atoms with Crippen LogP contribution in [-0.2, 0) is 9.59 Å². The van der Waals surface area contributed by atoms with Gasteiger partial charge in [0.1, 0.15) is 6.04 Å². The Morgan fingerprint density at radius 3 is 2.06 bits per heavy atom. The molecule has 0 aliphatic heterocycles. The molecule has 1 amide bonds. The Balaban J connectivity index is 4.64. The number of amides is 1. The van der Waals surface area contributed by atoms with Gasteiger partial charge in [0.15, 0.2) is 0 Å². The van der Waals surface area contributed by atoms with Crippen LogP contribution in [0.4, 0.5) is 0 Å². The zero-order valence-corrected chi connectivity index (χ0v) is 9.85. The Kier molecular flexibility index (Phi) is 6.15. The number of aliphatic carboxylic acids is 1. The van der Waals surface area contributed by atoms with Crippen LogP contribution in [0.1, 0.15) is 19.8 Å².